The quantitative estimate of drug-likeness (QED) is 0.374. The van der Waals surface area contributed by atoms with E-state index >= 15 is 0 Å². The fourth-order valence-corrected chi connectivity index (χ4v) is 2.19. The summed E-state index contributed by atoms with van der Waals surface area (Å²) in [5, 5.41) is 13.8. The van der Waals surface area contributed by atoms with E-state index in [1.165, 1.54) is 0 Å². The maximum atomic E-state index is 12.1. The molecule has 118 valence electrons. The Morgan fingerprint density at radius 2 is 1.81 bits per heavy atom. The van der Waals surface area contributed by atoms with Crippen LogP contribution in [0.25, 0.3) is 0 Å². The summed E-state index contributed by atoms with van der Waals surface area (Å²) in [7, 11) is 0. The first-order chi connectivity index (χ1) is 9.87. The molecule has 5 N–H and O–H groups in total. The lowest BCUT2D eigenvalue weighted by atomic mass is 9.79. The van der Waals surface area contributed by atoms with Crippen LogP contribution in [0, 0.1) is 5.41 Å². The highest BCUT2D eigenvalue weighted by Crippen LogP contribution is 2.28. The van der Waals surface area contributed by atoms with Crippen LogP contribution in [0.15, 0.2) is 4.99 Å². The van der Waals surface area contributed by atoms with Crippen molar-refractivity contribution in [3.05, 3.63) is 0 Å². The van der Waals surface area contributed by atoms with E-state index < -0.39 is 17.4 Å². The van der Waals surface area contributed by atoms with Crippen LogP contribution in [0.4, 0.5) is 0 Å². The molecule has 0 unspecified atom stereocenters. The molecule has 8 nitrogen and oxygen atoms in total. The second kappa shape index (κ2) is 7.16. The maximum absolute atomic E-state index is 12.1. The number of rotatable bonds is 7. The summed E-state index contributed by atoms with van der Waals surface area (Å²) < 4.78 is 0. The molecule has 0 aromatic rings. The van der Waals surface area contributed by atoms with Gasteiger partial charge < -0.3 is 10.8 Å². The van der Waals surface area contributed by atoms with Crippen molar-refractivity contribution in [2.75, 3.05) is 6.54 Å². The molecular formula is C13H22N4O4. The Kier molecular flexibility index (Phi) is 5.83. The van der Waals surface area contributed by atoms with Gasteiger partial charge in [-0.05, 0) is 25.7 Å². The first-order valence-electron chi connectivity index (χ1n) is 7.03. The maximum Gasteiger partial charge on any atom is 0.320 e. The Morgan fingerprint density at radius 3 is 2.24 bits per heavy atom. The van der Waals surface area contributed by atoms with Crippen LogP contribution in [0.3, 0.4) is 0 Å². The van der Waals surface area contributed by atoms with E-state index in [0.29, 0.717) is 19.3 Å². The van der Waals surface area contributed by atoms with Gasteiger partial charge in [0.15, 0.2) is 0 Å². The Morgan fingerprint density at radius 1 is 1.29 bits per heavy atom. The normalized spacial score (nSPS) is 18.7. The fraction of sp³-hybridized carbons (Fsp3) is 0.692. The molecule has 1 rings (SSSR count). The van der Waals surface area contributed by atoms with Crippen molar-refractivity contribution in [1.29, 1.82) is 0 Å². The zero-order valence-corrected chi connectivity index (χ0v) is 12.3. The van der Waals surface area contributed by atoms with E-state index in [-0.39, 0.29) is 30.7 Å². The highest BCUT2D eigenvalue weighted by molar-refractivity contribution is 6.20. The van der Waals surface area contributed by atoms with Crippen molar-refractivity contribution >= 4 is 23.7 Å². The number of hydrogen-bond acceptors (Lipinski definition) is 5. The molecular weight excluding hydrogens is 276 g/mol. The molecule has 0 spiro atoms. The third-order valence-electron chi connectivity index (χ3n) is 3.80. The van der Waals surface area contributed by atoms with Gasteiger partial charge in [-0.15, -0.1) is 0 Å². The molecule has 2 amide bonds. The van der Waals surface area contributed by atoms with Gasteiger partial charge in [-0.2, -0.15) is 0 Å². The number of aliphatic carboxylic acids is 1. The number of aliphatic imine (C=N–C) groups is 1. The molecule has 0 radical (unpaired) electrons. The SMILES string of the molecule is CCC1(CC)C(=O)NC(=NCCC[C@H](N)C(=O)O)NC1=O. The van der Waals surface area contributed by atoms with Gasteiger partial charge in [0.05, 0.1) is 0 Å². The van der Waals surface area contributed by atoms with E-state index in [0.717, 1.165) is 0 Å². The smallest absolute Gasteiger partial charge is 0.320 e. The van der Waals surface area contributed by atoms with Crippen molar-refractivity contribution in [2.24, 2.45) is 16.1 Å². The first kappa shape index (κ1) is 17.1. The molecule has 1 heterocycles. The molecule has 0 aliphatic carbocycles. The van der Waals surface area contributed by atoms with Crippen LogP contribution in [-0.4, -0.2) is 41.4 Å². The molecule has 0 saturated carbocycles. The number of amides is 2. The number of nitrogens with two attached hydrogens (primary N) is 1. The fourth-order valence-electron chi connectivity index (χ4n) is 2.19. The van der Waals surface area contributed by atoms with Gasteiger partial charge >= 0.3 is 5.97 Å². The van der Waals surface area contributed by atoms with Gasteiger partial charge in [-0.25, -0.2) is 0 Å². The Labute approximate surface area is 123 Å². The number of carbonyl (C=O) groups excluding carboxylic acids is 2. The van der Waals surface area contributed by atoms with E-state index in [1.807, 2.05) is 0 Å². The number of carboxylic acids is 1. The number of carboxylic acid groups (broad SMARTS) is 1. The van der Waals surface area contributed by atoms with Gasteiger partial charge in [0.1, 0.15) is 11.5 Å². The number of carbonyl (C=O) groups is 3. The van der Waals surface area contributed by atoms with Crippen molar-refractivity contribution < 1.29 is 19.5 Å². The molecule has 0 aromatic heterocycles. The van der Waals surface area contributed by atoms with Crippen LogP contribution in [0.1, 0.15) is 39.5 Å². The molecule has 0 aromatic carbocycles. The van der Waals surface area contributed by atoms with E-state index in [1.54, 1.807) is 13.8 Å². The summed E-state index contributed by atoms with van der Waals surface area (Å²) >= 11 is 0. The van der Waals surface area contributed by atoms with Crippen LogP contribution < -0.4 is 16.4 Å². The highest BCUT2D eigenvalue weighted by atomic mass is 16.4. The average Bonchev–Trinajstić information content (AvgIpc) is 2.44. The molecule has 1 fully saturated rings. The van der Waals surface area contributed by atoms with Crippen molar-refractivity contribution in [3.8, 4) is 0 Å². The van der Waals surface area contributed by atoms with Gasteiger partial charge in [-0.3, -0.25) is 30.0 Å². The topological polar surface area (TPSA) is 134 Å². The number of guanidine groups is 1. The van der Waals surface area contributed by atoms with Crippen LogP contribution in [0.2, 0.25) is 0 Å². The monoisotopic (exact) mass is 298 g/mol. The summed E-state index contributed by atoms with van der Waals surface area (Å²) in [6, 6.07) is -0.923. The molecule has 1 aliphatic heterocycles. The third kappa shape index (κ3) is 3.78. The molecule has 8 heteroatoms. The first-order valence-corrected chi connectivity index (χ1v) is 7.03. The van der Waals surface area contributed by atoms with Crippen LogP contribution in [0.5, 0.6) is 0 Å². The molecule has 21 heavy (non-hydrogen) atoms. The zero-order valence-electron chi connectivity index (χ0n) is 12.3. The number of nitrogens with one attached hydrogen (secondary N) is 2. The Hall–Kier alpha value is -1.96. The highest BCUT2D eigenvalue weighted by Gasteiger charge is 2.46. The number of nitrogens with zero attached hydrogens (tertiary/aromatic N) is 1. The van der Waals surface area contributed by atoms with E-state index in [4.69, 9.17) is 10.8 Å². The lowest BCUT2D eigenvalue weighted by Gasteiger charge is -2.33. The molecule has 0 bridgehead atoms. The predicted molar refractivity (Wildman–Crippen MR) is 76.4 cm³/mol. The summed E-state index contributed by atoms with van der Waals surface area (Å²) in [5.74, 6) is -1.64. The summed E-state index contributed by atoms with van der Waals surface area (Å²) in [5.41, 5.74) is 4.33. The minimum atomic E-state index is -1.06. The van der Waals surface area contributed by atoms with Crippen LogP contribution in [-0.2, 0) is 14.4 Å². The predicted octanol–water partition coefficient (Wildman–Crippen LogP) is -0.413. The number of hydrogen-bond donors (Lipinski definition) is 4. The Balaban J connectivity index is 2.57. The lowest BCUT2D eigenvalue weighted by molar-refractivity contribution is -0.144. The van der Waals surface area contributed by atoms with Crippen LogP contribution >= 0.6 is 0 Å². The van der Waals surface area contributed by atoms with Gasteiger partial charge in [0.25, 0.3) is 0 Å². The second-order valence-corrected chi connectivity index (χ2v) is 5.01. The van der Waals surface area contributed by atoms with Crippen molar-refractivity contribution in [3.63, 3.8) is 0 Å². The lowest BCUT2D eigenvalue weighted by Crippen LogP contribution is -2.62. The average molecular weight is 298 g/mol. The van der Waals surface area contributed by atoms with Gasteiger partial charge in [0.2, 0.25) is 17.8 Å². The standard InChI is InChI=1S/C13H22N4O4/c1-3-13(4-2)10(20)16-12(17-11(13)21)15-7-5-6-8(14)9(18)19/h8H,3-7,14H2,1-2H3,(H,18,19)(H2,15,16,17,20,21)/t8-/m0/s1. The largest absolute Gasteiger partial charge is 0.480 e. The third-order valence-corrected chi connectivity index (χ3v) is 3.80. The minimum Gasteiger partial charge on any atom is -0.480 e. The van der Waals surface area contributed by atoms with Crippen molar-refractivity contribution in [1.82, 2.24) is 10.6 Å². The molecule has 1 saturated heterocycles. The zero-order chi connectivity index (χ0) is 16.0. The van der Waals surface area contributed by atoms with Gasteiger partial charge in [-0.1, -0.05) is 13.8 Å². The van der Waals surface area contributed by atoms with Crippen molar-refractivity contribution in [2.45, 2.75) is 45.6 Å². The summed E-state index contributed by atoms with van der Waals surface area (Å²) in [4.78, 5) is 38.8. The van der Waals surface area contributed by atoms with E-state index in [2.05, 4.69) is 15.6 Å². The van der Waals surface area contributed by atoms with E-state index in [9.17, 15) is 14.4 Å². The van der Waals surface area contributed by atoms with Gasteiger partial charge in [0, 0.05) is 6.54 Å². The molecule has 1 aliphatic rings. The summed E-state index contributed by atoms with van der Waals surface area (Å²) in [6.07, 6.45) is 1.57. The summed E-state index contributed by atoms with van der Waals surface area (Å²) in [6.45, 7) is 3.86. The minimum absolute atomic E-state index is 0.117. The Bertz CT molecular complexity index is 435. The second-order valence-electron chi connectivity index (χ2n) is 5.01. The molecule has 1 atom stereocenters.